The van der Waals surface area contributed by atoms with Crippen LogP contribution in [0.1, 0.15) is 84.8 Å². The molecule has 2 aliphatic rings. The lowest BCUT2D eigenvalue weighted by Crippen LogP contribution is -2.39. The number of hydrogen-bond acceptors (Lipinski definition) is 4. The van der Waals surface area contributed by atoms with E-state index in [1.54, 1.807) is 0 Å². The van der Waals surface area contributed by atoms with Crippen molar-refractivity contribution in [3.05, 3.63) is 64.9 Å². The summed E-state index contributed by atoms with van der Waals surface area (Å²) in [5.74, 6) is 0.422. The van der Waals surface area contributed by atoms with Gasteiger partial charge in [0.05, 0.1) is 6.04 Å². The third-order valence-electron chi connectivity index (χ3n) is 6.59. The number of benzene rings is 1. The third-order valence-corrected chi connectivity index (χ3v) is 6.59. The fraction of sp³-hybridized carbons (Fsp3) is 0.517. The number of carbonyl (C=O) groups is 1. The van der Waals surface area contributed by atoms with Crippen molar-refractivity contribution in [2.24, 2.45) is 10.4 Å². The second kappa shape index (κ2) is 9.70. The van der Waals surface area contributed by atoms with Gasteiger partial charge in [-0.05, 0) is 35.3 Å². The Kier molecular flexibility index (Phi) is 7.36. The van der Waals surface area contributed by atoms with E-state index in [0.717, 1.165) is 53.5 Å². The predicted octanol–water partition coefficient (Wildman–Crippen LogP) is 6.39. The number of rotatable bonds is 4. The van der Waals surface area contributed by atoms with Crippen LogP contribution in [0.2, 0.25) is 0 Å². The predicted molar refractivity (Wildman–Crippen MR) is 138 cm³/mol. The average Bonchev–Trinajstić information content (AvgIpc) is 2.72. The second-order valence-corrected chi connectivity index (χ2v) is 11.5. The molecule has 4 heteroatoms. The number of hydrogen-bond donors (Lipinski definition) is 2. The van der Waals surface area contributed by atoms with Crippen LogP contribution in [0, 0.1) is 5.41 Å². The summed E-state index contributed by atoms with van der Waals surface area (Å²) >= 11 is 0. The first-order valence-corrected chi connectivity index (χ1v) is 12.1. The first-order chi connectivity index (χ1) is 15.4. The third kappa shape index (κ3) is 6.04. The van der Waals surface area contributed by atoms with Gasteiger partial charge < -0.3 is 10.4 Å². The van der Waals surface area contributed by atoms with E-state index in [4.69, 9.17) is 4.99 Å². The molecule has 0 saturated heterocycles. The molecule has 1 aromatic carbocycles. The van der Waals surface area contributed by atoms with E-state index in [0.29, 0.717) is 12.2 Å². The molecule has 1 fully saturated rings. The highest BCUT2D eigenvalue weighted by Crippen LogP contribution is 2.35. The van der Waals surface area contributed by atoms with E-state index < -0.39 is 0 Å². The van der Waals surface area contributed by atoms with Crippen LogP contribution in [0.3, 0.4) is 0 Å². The number of Topliss-reactive ketones (excluding diaryl/α,β-unsaturated/α-hetero) is 1. The minimum Gasteiger partial charge on any atom is -0.507 e. The molecule has 0 spiro atoms. The molecule has 0 amide bonds. The summed E-state index contributed by atoms with van der Waals surface area (Å²) in [6.07, 6.45) is 10.5. The summed E-state index contributed by atoms with van der Waals surface area (Å²) in [7, 11) is 0. The molecule has 33 heavy (non-hydrogen) atoms. The zero-order chi connectivity index (χ0) is 24.4. The van der Waals surface area contributed by atoms with Crippen LogP contribution in [0.25, 0.3) is 0 Å². The van der Waals surface area contributed by atoms with Gasteiger partial charge in [-0.1, -0.05) is 84.7 Å². The molecule has 0 bridgehead atoms. The number of para-hydroxylation sites is 1. The summed E-state index contributed by atoms with van der Waals surface area (Å²) in [5, 5.41) is 14.3. The number of aromatic hydroxyl groups is 1. The van der Waals surface area contributed by atoms with Crippen molar-refractivity contribution in [2.75, 3.05) is 0 Å². The summed E-state index contributed by atoms with van der Waals surface area (Å²) in [4.78, 5) is 17.9. The monoisotopic (exact) mass is 448 g/mol. The highest BCUT2D eigenvalue weighted by Gasteiger charge is 2.30. The summed E-state index contributed by atoms with van der Waals surface area (Å²) < 4.78 is 0. The zero-order valence-corrected chi connectivity index (χ0v) is 21.2. The molecule has 1 saturated carbocycles. The summed E-state index contributed by atoms with van der Waals surface area (Å²) in [6, 6.07) is 6.13. The van der Waals surface area contributed by atoms with E-state index in [9.17, 15) is 9.90 Å². The topological polar surface area (TPSA) is 61.7 Å². The average molecular weight is 449 g/mol. The number of phenols is 1. The Balaban J connectivity index is 1.78. The minimum absolute atomic E-state index is 0.104. The van der Waals surface area contributed by atoms with Gasteiger partial charge in [0.1, 0.15) is 5.75 Å². The van der Waals surface area contributed by atoms with Gasteiger partial charge in [-0.25, -0.2) is 0 Å². The lowest BCUT2D eigenvalue weighted by atomic mass is 9.77. The molecule has 2 atom stereocenters. The van der Waals surface area contributed by atoms with Gasteiger partial charge in [-0.15, -0.1) is 0 Å². The number of allylic oxidation sites excluding steroid dienone is 4. The van der Waals surface area contributed by atoms with Crippen LogP contribution in [0.5, 0.6) is 5.75 Å². The number of aliphatic imine (C=N–C) groups is 1. The molecule has 0 aromatic heterocycles. The van der Waals surface area contributed by atoms with Crippen molar-refractivity contribution in [1.82, 2.24) is 5.32 Å². The number of nitrogens with zero attached hydrogens (tertiary/aromatic N) is 1. The summed E-state index contributed by atoms with van der Waals surface area (Å²) in [5.41, 5.74) is 3.90. The highest BCUT2D eigenvalue weighted by molar-refractivity contribution is 6.10. The van der Waals surface area contributed by atoms with Crippen molar-refractivity contribution in [3.63, 3.8) is 0 Å². The second-order valence-electron chi connectivity index (χ2n) is 11.5. The van der Waals surface area contributed by atoms with Crippen molar-refractivity contribution >= 4 is 12.0 Å². The zero-order valence-electron chi connectivity index (χ0n) is 21.2. The maximum atomic E-state index is 13.1. The molecule has 0 heterocycles. The van der Waals surface area contributed by atoms with E-state index >= 15 is 0 Å². The Bertz CT molecular complexity index is 999. The molecular formula is C29H40N2O2. The molecule has 0 unspecified atom stereocenters. The van der Waals surface area contributed by atoms with Gasteiger partial charge in [-0.2, -0.15) is 0 Å². The molecule has 178 valence electrons. The van der Waals surface area contributed by atoms with Gasteiger partial charge >= 0.3 is 0 Å². The Morgan fingerprint density at radius 2 is 1.79 bits per heavy atom. The van der Waals surface area contributed by atoms with Gasteiger partial charge in [0.25, 0.3) is 0 Å². The largest absolute Gasteiger partial charge is 0.507 e. The van der Waals surface area contributed by atoms with E-state index in [1.165, 1.54) is 0 Å². The van der Waals surface area contributed by atoms with Crippen molar-refractivity contribution in [1.29, 1.82) is 0 Å². The Hall–Kier alpha value is -2.62. The van der Waals surface area contributed by atoms with Gasteiger partial charge in [0.15, 0.2) is 5.78 Å². The molecule has 4 nitrogen and oxygen atoms in total. The van der Waals surface area contributed by atoms with Gasteiger partial charge in [-0.3, -0.25) is 9.79 Å². The molecular weight excluding hydrogens is 408 g/mol. The summed E-state index contributed by atoms with van der Waals surface area (Å²) in [6.45, 7) is 16.6. The smallest absolute Gasteiger partial charge is 0.187 e. The quantitative estimate of drug-likeness (QED) is 0.414. The van der Waals surface area contributed by atoms with Crippen LogP contribution < -0.4 is 5.32 Å². The number of phenolic OH excluding ortho intramolecular Hbond substituents is 1. The van der Waals surface area contributed by atoms with Crippen molar-refractivity contribution in [2.45, 2.75) is 91.1 Å². The maximum absolute atomic E-state index is 13.1. The van der Waals surface area contributed by atoms with E-state index in [2.05, 4.69) is 53.4 Å². The lowest BCUT2D eigenvalue weighted by Gasteiger charge is -2.30. The fourth-order valence-electron chi connectivity index (χ4n) is 4.63. The number of carbonyl (C=O) groups excluding carboxylic acids is 1. The van der Waals surface area contributed by atoms with Crippen LogP contribution in [-0.2, 0) is 10.2 Å². The minimum atomic E-state index is -0.208. The van der Waals surface area contributed by atoms with E-state index in [1.807, 2.05) is 36.7 Å². The van der Waals surface area contributed by atoms with Crippen LogP contribution in [0.15, 0.2) is 58.8 Å². The molecule has 2 aliphatic carbocycles. The fourth-order valence-corrected chi connectivity index (χ4v) is 4.63. The standard InChI is InChI=1S/C29H40N2O2/c1-19-15-21(27(33)23(16-19)29(5,6)7)18-31-25-14-9-8-13-24(25)30-17-20-11-10-12-22(26(20)32)28(2,3)4/h10-12,16-18,24-25,31-32H,1,8-9,13-15H2,2-7H3/t24-,25-/m0/s1. The van der Waals surface area contributed by atoms with E-state index in [-0.39, 0.29) is 28.7 Å². The van der Waals surface area contributed by atoms with Gasteiger partial charge in [0, 0.05) is 41.6 Å². The number of nitrogens with one attached hydrogen (secondary N) is 1. The molecule has 1 aromatic rings. The van der Waals surface area contributed by atoms with Crippen LogP contribution in [-0.4, -0.2) is 29.2 Å². The first-order valence-electron chi connectivity index (χ1n) is 12.1. The van der Waals surface area contributed by atoms with Crippen molar-refractivity contribution in [3.8, 4) is 5.75 Å². The Labute approximate surface area is 199 Å². The lowest BCUT2D eigenvalue weighted by molar-refractivity contribution is -0.113. The molecule has 0 radical (unpaired) electrons. The first kappa shape index (κ1) is 25.0. The van der Waals surface area contributed by atoms with Crippen LogP contribution >= 0.6 is 0 Å². The molecule has 3 rings (SSSR count). The molecule has 0 aliphatic heterocycles. The Morgan fingerprint density at radius 3 is 2.45 bits per heavy atom. The Morgan fingerprint density at radius 1 is 1.09 bits per heavy atom. The SMILES string of the molecule is C=C1C=C(C(C)(C)C)C(=O)C(=CN[C@H]2CCCC[C@@H]2N=Cc2cccc(C(C)(C)C)c2O)C1. The normalized spacial score (nSPS) is 23.8. The maximum Gasteiger partial charge on any atom is 0.187 e. The number of ketones is 1. The highest BCUT2D eigenvalue weighted by atomic mass is 16.3. The van der Waals surface area contributed by atoms with Gasteiger partial charge in [0.2, 0.25) is 0 Å². The molecule has 2 N–H and O–H groups in total. The van der Waals surface area contributed by atoms with Crippen LogP contribution in [0.4, 0.5) is 0 Å². The van der Waals surface area contributed by atoms with Crippen molar-refractivity contribution < 1.29 is 9.90 Å².